The maximum Gasteiger partial charge on any atom is 0.120 e. The summed E-state index contributed by atoms with van der Waals surface area (Å²) in [4.78, 5) is 2.03. The van der Waals surface area contributed by atoms with E-state index in [-0.39, 0.29) is 12.1 Å². The maximum atomic E-state index is 9.41. The molecule has 0 spiro atoms. The van der Waals surface area contributed by atoms with Crippen LogP contribution >= 0.6 is 0 Å². The summed E-state index contributed by atoms with van der Waals surface area (Å²) < 4.78 is 5.22. The standard InChI is InChI=1S/C13H22N2O2/c1-13(2,9-16)15(3)12-7-11(17-4)6-5-10(12)8-14/h5-7,16H,8-9,14H2,1-4H3. The van der Waals surface area contributed by atoms with Gasteiger partial charge in [-0.25, -0.2) is 0 Å². The Morgan fingerprint density at radius 1 is 1.41 bits per heavy atom. The first-order valence-electron chi connectivity index (χ1n) is 5.68. The molecule has 1 aromatic rings. The van der Waals surface area contributed by atoms with E-state index in [0.29, 0.717) is 6.54 Å². The number of hydrogen-bond acceptors (Lipinski definition) is 4. The molecule has 0 saturated carbocycles. The van der Waals surface area contributed by atoms with Crippen LogP contribution in [0.1, 0.15) is 19.4 Å². The highest BCUT2D eigenvalue weighted by Crippen LogP contribution is 2.29. The first-order chi connectivity index (χ1) is 7.96. The Morgan fingerprint density at radius 2 is 2.06 bits per heavy atom. The van der Waals surface area contributed by atoms with E-state index in [9.17, 15) is 5.11 Å². The number of ether oxygens (including phenoxy) is 1. The molecule has 3 N–H and O–H groups in total. The van der Waals surface area contributed by atoms with Crippen LogP contribution in [0.15, 0.2) is 18.2 Å². The van der Waals surface area contributed by atoms with Gasteiger partial charge in [0.1, 0.15) is 5.75 Å². The smallest absolute Gasteiger partial charge is 0.120 e. The van der Waals surface area contributed by atoms with Crippen molar-refractivity contribution in [1.29, 1.82) is 0 Å². The summed E-state index contributed by atoms with van der Waals surface area (Å²) in [6.45, 7) is 4.50. The summed E-state index contributed by atoms with van der Waals surface area (Å²) in [5.74, 6) is 0.790. The molecule has 0 aromatic heterocycles. The Bertz CT molecular complexity index is 378. The van der Waals surface area contributed by atoms with Gasteiger partial charge in [0, 0.05) is 25.3 Å². The Kier molecular flexibility index (Phi) is 4.37. The van der Waals surface area contributed by atoms with Gasteiger partial charge in [-0.3, -0.25) is 0 Å². The van der Waals surface area contributed by atoms with Crippen molar-refractivity contribution in [3.8, 4) is 5.75 Å². The lowest BCUT2D eigenvalue weighted by Crippen LogP contribution is -2.44. The average molecular weight is 238 g/mol. The second kappa shape index (κ2) is 5.38. The average Bonchev–Trinajstić information content (AvgIpc) is 2.36. The van der Waals surface area contributed by atoms with Gasteiger partial charge in [0.05, 0.1) is 19.3 Å². The lowest BCUT2D eigenvalue weighted by Gasteiger charge is -2.37. The third kappa shape index (κ3) is 2.90. The molecule has 0 aliphatic carbocycles. The summed E-state index contributed by atoms with van der Waals surface area (Å²) in [7, 11) is 3.59. The second-order valence-electron chi connectivity index (χ2n) is 4.73. The van der Waals surface area contributed by atoms with Crippen LogP contribution in [0.4, 0.5) is 5.69 Å². The molecule has 0 radical (unpaired) electrons. The molecule has 0 fully saturated rings. The highest BCUT2D eigenvalue weighted by molar-refractivity contribution is 5.58. The van der Waals surface area contributed by atoms with Gasteiger partial charge in [0.15, 0.2) is 0 Å². The minimum atomic E-state index is -0.337. The van der Waals surface area contributed by atoms with E-state index in [0.717, 1.165) is 17.0 Å². The van der Waals surface area contributed by atoms with Crippen molar-refractivity contribution >= 4 is 5.69 Å². The highest BCUT2D eigenvalue weighted by atomic mass is 16.5. The molecular weight excluding hydrogens is 216 g/mol. The highest BCUT2D eigenvalue weighted by Gasteiger charge is 2.24. The van der Waals surface area contributed by atoms with Crippen molar-refractivity contribution in [2.24, 2.45) is 5.73 Å². The quantitative estimate of drug-likeness (QED) is 0.813. The molecule has 1 rings (SSSR count). The number of aliphatic hydroxyl groups is 1. The molecule has 4 nitrogen and oxygen atoms in total. The zero-order valence-corrected chi connectivity index (χ0v) is 11.0. The minimum Gasteiger partial charge on any atom is -0.497 e. The van der Waals surface area contributed by atoms with Crippen LogP contribution in [0, 0.1) is 0 Å². The number of anilines is 1. The predicted molar refractivity (Wildman–Crippen MR) is 70.5 cm³/mol. The fourth-order valence-electron chi connectivity index (χ4n) is 1.59. The molecule has 0 aliphatic rings. The summed E-state index contributed by atoms with van der Waals surface area (Å²) in [5, 5.41) is 9.41. The Hall–Kier alpha value is -1.26. The van der Waals surface area contributed by atoms with Gasteiger partial charge in [-0.15, -0.1) is 0 Å². The van der Waals surface area contributed by atoms with Crippen molar-refractivity contribution < 1.29 is 9.84 Å². The molecule has 0 unspecified atom stereocenters. The van der Waals surface area contributed by atoms with Crippen LogP contribution < -0.4 is 15.4 Å². The topological polar surface area (TPSA) is 58.7 Å². The van der Waals surface area contributed by atoms with Crippen LogP contribution in [0.2, 0.25) is 0 Å². The Morgan fingerprint density at radius 3 is 2.53 bits per heavy atom. The van der Waals surface area contributed by atoms with Crippen molar-refractivity contribution in [2.75, 3.05) is 25.7 Å². The number of aliphatic hydroxyl groups excluding tert-OH is 1. The normalized spacial score (nSPS) is 11.4. The van der Waals surface area contributed by atoms with Gasteiger partial charge in [0.2, 0.25) is 0 Å². The van der Waals surface area contributed by atoms with E-state index in [2.05, 4.69) is 0 Å². The zero-order valence-electron chi connectivity index (χ0n) is 11.0. The Balaban J connectivity index is 3.18. The SMILES string of the molecule is COc1ccc(CN)c(N(C)C(C)(C)CO)c1. The molecular formula is C13H22N2O2. The van der Waals surface area contributed by atoms with Crippen LogP contribution in [0.5, 0.6) is 5.75 Å². The number of benzene rings is 1. The van der Waals surface area contributed by atoms with Gasteiger partial charge < -0.3 is 20.5 Å². The summed E-state index contributed by atoms with van der Waals surface area (Å²) >= 11 is 0. The predicted octanol–water partition coefficient (Wildman–Crippen LogP) is 1.36. The van der Waals surface area contributed by atoms with Gasteiger partial charge in [-0.05, 0) is 25.5 Å². The molecule has 0 saturated heterocycles. The summed E-state index contributed by atoms with van der Waals surface area (Å²) in [6, 6.07) is 5.79. The Labute approximate surface area is 103 Å². The van der Waals surface area contributed by atoms with Crippen LogP contribution in [-0.2, 0) is 6.54 Å². The van der Waals surface area contributed by atoms with Gasteiger partial charge >= 0.3 is 0 Å². The maximum absolute atomic E-state index is 9.41. The van der Waals surface area contributed by atoms with Crippen LogP contribution in [0.3, 0.4) is 0 Å². The molecule has 0 aliphatic heterocycles. The van der Waals surface area contributed by atoms with E-state index in [4.69, 9.17) is 10.5 Å². The molecule has 0 atom stereocenters. The van der Waals surface area contributed by atoms with E-state index < -0.39 is 0 Å². The molecule has 0 amide bonds. The number of likely N-dealkylation sites (N-methyl/N-ethyl adjacent to an activating group) is 1. The number of nitrogens with zero attached hydrogens (tertiary/aromatic N) is 1. The van der Waals surface area contributed by atoms with Crippen LogP contribution in [-0.4, -0.2) is 31.4 Å². The van der Waals surface area contributed by atoms with Gasteiger partial charge in [-0.1, -0.05) is 6.07 Å². The largest absolute Gasteiger partial charge is 0.497 e. The molecule has 1 aromatic carbocycles. The van der Waals surface area contributed by atoms with Gasteiger partial charge in [-0.2, -0.15) is 0 Å². The van der Waals surface area contributed by atoms with Crippen molar-refractivity contribution in [3.63, 3.8) is 0 Å². The molecule has 17 heavy (non-hydrogen) atoms. The molecule has 0 heterocycles. The fraction of sp³-hybridized carbons (Fsp3) is 0.538. The lowest BCUT2D eigenvalue weighted by molar-refractivity contribution is 0.216. The van der Waals surface area contributed by atoms with Crippen LogP contribution in [0.25, 0.3) is 0 Å². The molecule has 4 heteroatoms. The zero-order chi connectivity index (χ0) is 13.1. The minimum absolute atomic E-state index is 0.0741. The number of hydrogen-bond donors (Lipinski definition) is 2. The first kappa shape index (κ1) is 13.8. The second-order valence-corrected chi connectivity index (χ2v) is 4.73. The van der Waals surface area contributed by atoms with Gasteiger partial charge in [0.25, 0.3) is 0 Å². The van der Waals surface area contributed by atoms with E-state index >= 15 is 0 Å². The van der Waals surface area contributed by atoms with E-state index in [1.54, 1.807) is 7.11 Å². The van der Waals surface area contributed by atoms with Crippen molar-refractivity contribution in [3.05, 3.63) is 23.8 Å². The molecule has 96 valence electrons. The lowest BCUT2D eigenvalue weighted by atomic mass is 10.0. The first-order valence-corrected chi connectivity index (χ1v) is 5.68. The number of methoxy groups -OCH3 is 1. The third-order valence-electron chi connectivity index (χ3n) is 3.17. The number of nitrogens with two attached hydrogens (primary N) is 1. The molecule has 0 bridgehead atoms. The summed E-state index contributed by atoms with van der Waals surface area (Å²) in [6.07, 6.45) is 0. The fourth-order valence-corrected chi connectivity index (χ4v) is 1.59. The van der Waals surface area contributed by atoms with E-state index in [1.807, 2.05) is 44.0 Å². The number of rotatable bonds is 5. The monoisotopic (exact) mass is 238 g/mol. The van der Waals surface area contributed by atoms with E-state index in [1.165, 1.54) is 0 Å². The van der Waals surface area contributed by atoms with Crippen molar-refractivity contribution in [2.45, 2.75) is 25.9 Å². The summed E-state index contributed by atoms with van der Waals surface area (Å²) in [5.41, 5.74) is 7.43. The van der Waals surface area contributed by atoms with Crippen molar-refractivity contribution in [1.82, 2.24) is 0 Å². The third-order valence-corrected chi connectivity index (χ3v) is 3.17.